The molecule has 0 aromatic carbocycles. The molecular weight excluding hydrogens is 147 g/mol. The minimum absolute atomic E-state index is 0.802. The van der Waals surface area contributed by atoms with Gasteiger partial charge in [-0.1, -0.05) is 13.8 Å². The van der Waals surface area contributed by atoms with E-state index in [2.05, 4.69) is 25.0 Å². The monoisotopic (exact) mass is 162 g/mol. The van der Waals surface area contributed by atoms with Crippen molar-refractivity contribution in [2.75, 3.05) is 6.61 Å². The first-order valence-electron chi connectivity index (χ1n) is 4.61. The second-order valence-corrected chi connectivity index (χ2v) is 2.57. The van der Waals surface area contributed by atoms with Crippen molar-refractivity contribution in [3.63, 3.8) is 0 Å². The first-order chi connectivity index (χ1) is 5.97. The van der Waals surface area contributed by atoms with Crippen LogP contribution in [0.3, 0.4) is 0 Å². The maximum absolute atomic E-state index is 5.30. The van der Waals surface area contributed by atoms with E-state index in [1.807, 2.05) is 13.8 Å². The van der Waals surface area contributed by atoms with Gasteiger partial charge in [0.2, 0.25) is 0 Å². The Bertz CT molecular complexity index is 210. The molecule has 1 aromatic rings. The predicted molar refractivity (Wildman–Crippen MR) is 52.5 cm³/mol. The Labute approximate surface area is 75.0 Å². The van der Waals surface area contributed by atoms with Crippen LogP contribution in [0.5, 0.6) is 0 Å². The van der Waals surface area contributed by atoms with Crippen molar-refractivity contribution in [1.29, 1.82) is 0 Å². The van der Waals surface area contributed by atoms with Gasteiger partial charge in [0.05, 0.1) is 0 Å². The van der Waals surface area contributed by atoms with Gasteiger partial charge in [-0.3, -0.25) is 0 Å². The Balaban J connectivity index is 0.000000336. The zero-order chi connectivity index (χ0) is 8.81. The summed E-state index contributed by atoms with van der Waals surface area (Å²) in [4.78, 5) is 0. The van der Waals surface area contributed by atoms with Gasteiger partial charge in [-0.2, -0.15) is 0 Å². The van der Waals surface area contributed by atoms with Crippen LogP contribution < -0.4 is 0 Å². The van der Waals surface area contributed by atoms with Gasteiger partial charge in [0.1, 0.15) is 0 Å². The molecule has 0 spiro atoms. The summed E-state index contributed by atoms with van der Waals surface area (Å²) in [5, 5.41) is 0. The first kappa shape index (κ1) is 9.46. The molecule has 1 aliphatic heterocycles. The number of hydrogen-bond acceptors (Lipinski definition) is 1. The molecule has 1 aliphatic rings. The molecule has 0 radical (unpaired) electrons. The van der Waals surface area contributed by atoms with Gasteiger partial charge >= 0.3 is 60.4 Å². The molecule has 2 rings (SSSR count). The molecule has 2 heteroatoms. The average Bonchev–Trinajstić information content (AvgIpc) is 2.21. The molecule has 0 bridgehead atoms. The van der Waals surface area contributed by atoms with E-state index < -0.39 is 0 Å². The summed E-state index contributed by atoms with van der Waals surface area (Å²) in [6.45, 7) is 7.87. The molecule has 1 aromatic heterocycles. The van der Waals surface area contributed by atoms with E-state index in [9.17, 15) is 0 Å². The molecule has 0 fully saturated rings. The van der Waals surface area contributed by atoms with E-state index in [0.29, 0.717) is 0 Å². The van der Waals surface area contributed by atoms with Gasteiger partial charge in [0, 0.05) is 0 Å². The van der Waals surface area contributed by atoms with Crippen molar-refractivity contribution in [3.8, 4) is 0 Å². The molecule has 0 aliphatic carbocycles. The van der Waals surface area contributed by atoms with Gasteiger partial charge in [-0.25, -0.2) is 0 Å². The van der Waals surface area contributed by atoms with Crippen LogP contribution in [0.1, 0.15) is 24.9 Å². The molecule has 0 atom stereocenters. The molecule has 0 saturated heterocycles. The van der Waals surface area contributed by atoms with Gasteiger partial charge in [0.25, 0.3) is 0 Å². The summed E-state index contributed by atoms with van der Waals surface area (Å²) >= 11 is 0. The molecule has 64 valence electrons. The zero-order valence-electron chi connectivity index (χ0n) is 7.84. The standard InChI is InChI=1S/C8H9BO.C2H6/c1-2-7-6-10-5-3-8(7)9-4-1;1-2/h1-2,4H,3,5-6H2;1-2H3. The average molecular weight is 162 g/mol. The third kappa shape index (κ3) is 2.18. The Morgan fingerprint density at radius 2 is 2.25 bits per heavy atom. The van der Waals surface area contributed by atoms with Crippen LogP contribution in [-0.2, 0) is 17.8 Å². The van der Waals surface area contributed by atoms with Crippen molar-refractivity contribution < 1.29 is 4.74 Å². The Morgan fingerprint density at radius 3 is 3.00 bits per heavy atom. The molecule has 12 heavy (non-hydrogen) atoms. The van der Waals surface area contributed by atoms with E-state index in [4.69, 9.17) is 4.74 Å². The second-order valence-electron chi connectivity index (χ2n) is 2.57. The van der Waals surface area contributed by atoms with E-state index in [-0.39, 0.29) is 0 Å². The van der Waals surface area contributed by atoms with E-state index in [1.54, 1.807) is 0 Å². The quantitative estimate of drug-likeness (QED) is 0.567. The van der Waals surface area contributed by atoms with Crippen molar-refractivity contribution in [1.82, 2.24) is 0 Å². The summed E-state index contributed by atoms with van der Waals surface area (Å²) < 4.78 is 5.30. The molecule has 2 heterocycles. The molecule has 0 unspecified atom stereocenters. The summed E-state index contributed by atoms with van der Waals surface area (Å²) in [5.41, 5.74) is 2.81. The van der Waals surface area contributed by atoms with Gasteiger partial charge < -0.3 is 0 Å². The van der Waals surface area contributed by atoms with Crippen molar-refractivity contribution in [2.24, 2.45) is 0 Å². The minimum atomic E-state index is 0.802. The third-order valence-electron chi connectivity index (χ3n) is 1.89. The summed E-state index contributed by atoms with van der Waals surface area (Å²) in [5.74, 6) is 2.09. The third-order valence-corrected chi connectivity index (χ3v) is 1.89. The fourth-order valence-corrected chi connectivity index (χ4v) is 1.31. The van der Waals surface area contributed by atoms with Crippen LogP contribution in [0.15, 0.2) is 18.1 Å². The molecule has 0 amide bonds. The Kier molecular flexibility index (Phi) is 4.02. The van der Waals surface area contributed by atoms with Crippen molar-refractivity contribution in [2.45, 2.75) is 26.9 Å². The Hall–Kier alpha value is -0.625. The Morgan fingerprint density at radius 1 is 1.42 bits per heavy atom. The maximum atomic E-state index is 5.30. The second kappa shape index (κ2) is 5.10. The van der Waals surface area contributed by atoms with Crippen molar-refractivity contribution in [3.05, 3.63) is 29.1 Å². The molecule has 0 saturated carbocycles. The topological polar surface area (TPSA) is 9.23 Å². The van der Waals surface area contributed by atoms with E-state index in [0.717, 1.165) is 19.6 Å². The molecular formula is C10H15BO. The summed E-state index contributed by atoms with van der Waals surface area (Å²) in [6, 6.07) is 4.20. The number of rotatable bonds is 0. The van der Waals surface area contributed by atoms with Crippen LogP contribution in [-0.4, -0.2) is 13.5 Å². The van der Waals surface area contributed by atoms with Crippen LogP contribution in [0.25, 0.3) is 0 Å². The van der Waals surface area contributed by atoms with Gasteiger partial charge in [-0.05, 0) is 0 Å². The summed E-state index contributed by atoms with van der Waals surface area (Å²) in [7, 11) is 0. The SMILES string of the molecule is CC.b1cccc2c1CCOC2. The number of fused-ring (bicyclic) bond motifs is 1. The van der Waals surface area contributed by atoms with E-state index >= 15 is 0 Å². The van der Waals surface area contributed by atoms with Gasteiger partial charge in [0.15, 0.2) is 0 Å². The van der Waals surface area contributed by atoms with E-state index in [1.165, 1.54) is 11.0 Å². The number of hydrogen-bond donors (Lipinski definition) is 0. The zero-order valence-corrected chi connectivity index (χ0v) is 7.84. The molecule has 1 nitrogen and oxygen atoms in total. The van der Waals surface area contributed by atoms with Crippen LogP contribution in [0.4, 0.5) is 0 Å². The van der Waals surface area contributed by atoms with Gasteiger partial charge in [-0.15, -0.1) is 0 Å². The number of ether oxygens (including phenoxy) is 1. The predicted octanol–water partition coefficient (Wildman–Crippen LogP) is 2.12. The van der Waals surface area contributed by atoms with Crippen LogP contribution >= 0.6 is 0 Å². The molecule has 0 N–H and O–H groups in total. The fraction of sp³-hybridized carbons (Fsp3) is 0.500. The normalized spacial score (nSPS) is 13.8. The van der Waals surface area contributed by atoms with Crippen LogP contribution in [0.2, 0.25) is 0 Å². The van der Waals surface area contributed by atoms with Crippen molar-refractivity contribution >= 4 is 6.91 Å². The van der Waals surface area contributed by atoms with Crippen LogP contribution in [0, 0.1) is 0 Å². The fourth-order valence-electron chi connectivity index (χ4n) is 1.31. The summed E-state index contributed by atoms with van der Waals surface area (Å²) in [6.07, 6.45) is 1.08. The first-order valence-corrected chi connectivity index (χ1v) is 4.61.